The van der Waals surface area contributed by atoms with Gasteiger partial charge >= 0.3 is 0 Å². The molecule has 0 saturated heterocycles. The summed E-state index contributed by atoms with van der Waals surface area (Å²) in [6.45, 7) is 2.14. The van der Waals surface area contributed by atoms with E-state index in [1.807, 2.05) is 24.3 Å². The zero-order chi connectivity index (χ0) is 15.4. The molecule has 3 rings (SSSR count). The topological polar surface area (TPSA) is 41.6 Å². The van der Waals surface area contributed by atoms with Crippen LogP contribution in [-0.4, -0.2) is 31.0 Å². The highest BCUT2D eigenvalue weighted by molar-refractivity contribution is 5.93. The van der Waals surface area contributed by atoms with Gasteiger partial charge in [-0.3, -0.25) is 9.69 Å². The number of carbonyl (C=O) groups is 1. The summed E-state index contributed by atoms with van der Waals surface area (Å²) in [4.78, 5) is 14.4. The van der Waals surface area contributed by atoms with Crippen LogP contribution in [0.15, 0.2) is 48.5 Å². The Morgan fingerprint density at radius 1 is 1.14 bits per heavy atom. The molecule has 114 valence electrons. The third kappa shape index (κ3) is 3.28. The first-order valence-corrected chi connectivity index (χ1v) is 7.48. The van der Waals surface area contributed by atoms with E-state index in [0.29, 0.717) is 18.0 Å². The highest BCUT2D eigenvalue weighted by Crippen LogP contribution is 2.23. The third-order valence-corrected chi connectivity index (χ3v) is 3.96. The van der Waals surface area contributed by atoms with E-state index in [-0.39, 0.29) is 5.91 Å². The Morgan fingerprint density at radius 3 is 2.68 bits per heavy atom. The second kappa shape index (κ2) is 6.62. The molecule has 2 aromatic carbocycles. The van der Waals surface area contributed by atoms with Crippen LogP contribution >= 0.6 is 0 Å². The van der Waals surface area contributed by atoms with Gasteiger partial charge in [-0.25, -0.2) is 0 Å². The lowest BCUT2D eigenvalue weighted by Gasteiger charge is -2.28. The van der Waals surface area contributed by atoms with Crippen LogP contribution in [0.3, 0.4) is 0 Å². The van der Waals surface area contributed by atoms with Crippen LogP contribution in [0.5, 0.6) is 5.75 Å². The molecule has 0 fully saturated rings. The number of hydrogen-bond donors (Lipinski definition) is 1. The monoisotopic (exact) mass is 296 g/mol. The fourth-order valence-corrected chi connectivity index (χ4v) is 2.83. The van der Waals surface area contributed by atoms with Crippen LogP contribution in [0.4, 0.5) is 5.69 Å². The van der Waals surface area contributed by atoms with E-state index in [1.54, 1.807) is 7.11 Å². The number of methoxy groups -OCH3 is 1. The fourth-order valence-electron chi connectivity index (χ4n) is 2.83. The van der Waals surface area contributed by atoms with Gasteiger partial charge in [0.25, 0.3) is 0 Å². The zero-order valence-electron chi connectivity index (χ0n) is 12.7. The number of fused-ring (bicyclic) bond motifs is 1. The Morgan fingerprint density at radius 2 is 1.86 bits per heavy atom. The summed E-state index contributed by atoms with van der Waals surface area (Å²) in [5.41, 5.74) is 3.43. The molecule has 0 bridgehead atoms. The van der Waals surface area contributed by atoms with Crippen LogP contribution in [0.1, 0.15) is 11.1 Å². The van der Waals surface area contributed by atoms with Crippen LogP contribution in [-0.2, 0) is 17.8 Å². The van der Waals surface area contributed by atoms with Crippen LogP contribution < -0.4 is 10.1 Å². The van der Waals surface area contributed by atoms with Crippen molar-refractivity contribution in [3.63, 3.8) is 0 Å². The summed E-state index contributed by atoms with van der Waals surface area (Å²) in [6, 6.07) is 15.9. The third-order valence-electron chi connectivity index (χ3n) is 3.96. The van der Waals surface area contributed by atoms with E-state index in [0.717, 1.165) is 19.5 Å². The van der Waals surface area contributed by atoms with Crippen molar-refractivity contribution in [3.8, 4) is 5.75 Å². The minimum Gasteiger partial charge on any atom is -0.495 e. The van der Waals surface area contributed by atoms with E-state index in [4.69, 9.17) is 4.74 Å². The normalized spacial score (nSPS) is 14.2. The minimum atomic E-state index is -0.0103. The van der Waals surface area contributed by atoms with E-state index >= 15 is 0 Å². The fraction of sp³-hybridized carbons (Fsp3) is 0.278. The number of benzene rings is 2. The highest BCUT2D eigenvalue weighted by Gasteiger charge is 2.18. The van der Waals surface area contributed by atoms with Gasteiger partial charge < -0.3 is 10.1 Å². The van der Waals surface area contributed by atoms with Gasteiger partial charge in [0.1, 0.15) is 5.75 Å². The molecule has 1 aliphatic heterocycles. The molecule has 0 atom stereocenters. The molecule has 1 aliphatic rings. The number of anilines is 1. The molecule has 0 unspecified atom stereocenters. The molecule has 1 amide bonds. The number of nitrogens with one attached hydrogen (secondary N) is 1. The molecule has 0 aliphatic carbocycles. The number of carbonyl (C=O) groups excluding carboxylic acids is 1. The molecule has 22 heavy (non-hydrogen) atoms. The van der Waals surface area contributed by atoms with Gasteiger partial charge in [0.05, 0.1) is 19.3 Å². The van der Waals surface area contributed by atoms with E-state index < -0.39 is 0 Å². The highest BCUT2D eigenvalue weighted by atomic mass is 16.5. The number of rotatable bonds is 4. The molecular formula is C18H20N2O2. The Balaban J connectivity index is 1.61. The molecule has 0 aromatic heterocycles. The maximum Gasteiger partial charge on any atom is 0.238 e. The SMILES string of the molecule is COc1ccccc1NC(=O)CN1CCc2ccccc2C1. The van der Waals surface area contributed by atoms with Crippen molar-refractivity contribution in [2.45, 2.75) is 13.0 Å². The number of hydrogen-bond acceptors (Lipinski definition) is 3. The molecule has 0 radical (unpaired) electrons. The Bertz CT molecular complexity index is 670. The van der Waals surface area contributed by atoms with Gasteiger partial charge in [-0.05, 0) is 29.7 Å². The molecule has 4 nitrogen and oxygen atoms in total. The van der Waals surface area contributed by atoms with Crippen molar-refractivity contribution in [1.82, 2.24) is 4.90 Å². The van der Waals surface area contributed by atoms with Crippen molar-refractivity contribution in [2.75, 3.05) is 25.5 Å². The van der Waals surface area contributed by atoms with Gasteiger partial charge in [-0.1, -0.05) is 36.4 Å². The molecular weight excluding hydrogens is 276 g/mol. The standard InChI is InChI=1S/C18H20N2O2/c1-22-17-9-5-4-8-16(17)19-18(21)13-20-11-10-14-6-2-3-7-15(14)12-20/h2-9H,10-13H2,1H3,(H,19,21). The average Bonchev–Trinajstić information content (AvgIpc) is 2.55. The first-order chi connectivity index (χ1) is 10.8. The lowest BCUT2D eigenvalue weighted by molar-refractivity contribution is -0.117. The van der Waals surface area contributed by atoms with Crippen molar-refractivity contribution in [3.05, 3.63) is 59.7 Å². The number of para-hydroxylation sites is 2. The summed E-state index contributed by atoms with van der Waals surface area (Å²) in [5.74, 6) is 0.670. The Labute approximate surface area is 130 Å². The Hall–Kier alpha value is -2.33. The van der Waals surface area contributed by atoms with Crippen LogP contribution in [0, 0.1) is 0 Å². The molecule has 2 aromatic rings. The lowest BCUT2D eigenvalue weighted by Crippen LogP contribution is -2.37. The molecule has 1 heterocycles. The largest absolute Gasteiger partial charge is 0.495 e. The van der Waals surface area contributed by atoms with Crippen molar-refractivity contribution < 1.29 is 9.53 Å². The summed E-state index contributed by atoms with van der Waals surface area (Å²) < 4.78 is 5.25. The van der Waals surface area contributed by atoms with Gasteiger partial charge in [-0.15, -0.1) is 0 Å². The first kappa shape index (κ1) is 14.6. The molecule has 4 heteroatoms. The predicted octanol–water partition coefficient (Wildman–Crippen LogP) is 2.69. The van der Waals surface area contributed by atoms with Crippen molar-refractivity contribution >= 4 is 11.6 Å². The summed E-state index contributed by atoms with van der Waals surface area (Å²) >= 11 is 0. The second-order valence-corrected chi connectivity index (χ2v) is 5.48. The van der Waals surface area contributed by atoms with Gasteiger partial charge in [0.15, 0.2) is 0 Å². The zero-order valence-corrected chi connectivity index (χ0v) is 12.7. The minimum absolute atomic E-state index is 0.0103. The van der Waals surface area contributed by atoms with Gasteiger partial charge in [0, 0.05) is 13.1 Å². The molecule has 0 saturated carbocycles. The quantitative estimate of drug-likeness (QED) is 0.943. The molecule has 0 spiro atoms. The summed E-state index contributed by atoms with van der Waals surface area (Å²) in [7, 11) is 1.60. The lowest BCUT2D eigenvalue weighted by atomic mass is 10.00. The summed E-state index contributed by atoms with van der Waals surface area (Å²) in [6.07, 6.45) is 0.998. The van der Waals surface area contributed by atoms with Crippen LogP contribution in [0.25, 0.3) is 0 Å². The number of nitrogens with zero attached hydrogens (tertiary/aromatic N) is 1. The maximum atomic E-state index is 12.3. The van der Waals surface area contributed by atoms with Crippen molar-refractivity contribution in [2.24, 2.45) is 0 Å². The average molecular weight is 296 g/mol. The van der Waals surface area contributed by atoms with E-state index in [1.165, 1.54) is 11.1 Å². The second-order valence-electron chi connectivity index (χ2n) is 5.48. The first-order valence-electron chi connectivity index (χ1n) is 7.48. The van der Waals surface area contributed by atoms with Gasteiger partial charge in [0.2, 0.25) is 5.91 Å². The number of ether oxygens (including phenoxy) is 1. The maximum absolute atomic E-state index is 12.3. The van der Waals surface area contributed by atoms with E-state index in [9.17, 15) is 4.79 Å². The van der Waals surface area contributed by atoms with Crippen LogP contribution in [0.2, 0.25) is 0 Å². The molecule has 1 N–H and O–H groups in total. The smallest absolute Gasteiger partial charge is 0.238 e. The van der Waals surface area contributed by atoms with Gasteiger partial charge in [-0.2, -0.15) is 0 Å². The predicted molar refractivity (Wildman–Crippen MR) is 87.0 cm³/mol. The van der Waals surface area contributed by atoms with E-state index in [2.05, 4.69) is 34.5 Å². The number of amides is 1. The Kier molecular flexibility index (Phi) is 4.39. The summed E-state index contributed by atoms with van der Waals surface area (Å²) in [5, 5.41) is 2.93. The van der Waals surface area contributed by atoms with Crippen molar-refractivity contribution in [1.29, 1.82) is 0 Å².